The SMILES string of the molecule is CC(=O)Nc1on[n+](N2CCCCC2)c1C(C)O. The number of nitrogens with one attached hydrogen (secondary N) is 1. The Bertz CT molecular complexity index is 424. The lowest BCUT2D eigenvalue weighted by atomic mass is 10.2. The molecular weight excluding hydrogens is 236 g/mol. The minimum Gasteiger partial charge on any atom is -0.382 e. The maximum absolute atomic E-state index is 11.1. The van der Waals surface area contributed by atoms with Crippen molar-refractivity contribution in [3.05, 3.63) is 5.69 Å². The van der Waals surface area contributed by atoms with Gasteiger partial charge in [-0.05, 0) is 26.2 Å². The number of rotatable bonds is 3. The van der Waals surface area contributed by atoms with Gasteiger partial charge in [-0.2, -0.15) is 5.01 Å². The Morgan fingerprint density at radius 2 is 2.17 bits per heavy atom. The van der Waals surface area contributed by atoms with Gasteiger partial charge in [-0.15, -0.1) is 0 Å². The number of carbonyl (C=O) groups excluding carboxylic acids is 1. The van der Waals surface area contributed by atoms with Crippen molar-refractivity contribution >= 4 is 11.8 Å². The van der Waals surface area contributed by atoms with Crippen molar-refractivity contribution < 1.29 is 19.2 Å². The van der Waals surface area contributed by atoms with Gasteiger partial charge in [0.15, 0.2) is 0 Å². The molecule has 1 atom stereocenters. The van der Waals surface area contributed by atoms with E-state index < -0.39 is 6.10 Å². The summed E-state index contributed by atoms with van der Waals surface area (Å²) in [6, 6.07) is 0. The van der Waals surface area contributed by atoms with Crippen LogP contribution in [0.3, 0.4) is 0 Å². The highest BCUT2D eigenvalue weighted by atomic mass is 16.5. The fraction of sp³-hybridized carbons (Fsp3) is 0.727. The predicted molar refractivity (Wildman–Crippen MR) is 63.4 cm³/mol. The molecule has 0 spiro atoms. The van der Waals surface area contributed by atoms with E-state index in [9.17, 15) is 9.90 Å². The van der Waals surface area contributed by atoms with Crippen LogP contribution in [-0.2, 0) is 4.79 Å². The number of aliphatic hydroxyl groups excluding tert-OH is 1. The summed E-state index contributed by atoms with van der Waals surface area (Å²) in [4.78, 5) is 12.6. The number of hydrogen-bond donors (Lipinski definition) is 2. The van der Waals surface area contributed by atoms with Gasteiger partial charge in [0.25, 0.3) is 0 Å². The molecule has 1 saturated heterocycles. The summed E-state index contributed by atoms with van der Waals surface area (Å²) in [6.45, 7) is 4.75. The largest absolute Gasteiger partial charge is 0.382 e. The van der Waals surface area contributed by atoms with Crippen LogP contribution in [0, 0.1) is 0 Å². The van der Waals surface area contributed by atoms with Crippen LogP contribution in [0.1, 0.15) is 44.9 Å². The second kappa shape index (κ2) is 5.34. The van der Waals surface area contributed by atoms with E-state index in [4.69, 9.17) is 4.52 Å². The maximum atomic E-state index is 11.1. The second-order valence-electron chi connectivity index (χ2n) is 4.55. The summed E-state index contributed by atoms with van der Waals surface area (Å²) in [5.41, 5.74) is 0.479. The average molecular weight is 255 g/mol. The van der Waals surface area contributed by atoms with E-state index in [1.807, 2.05) is 5.01 Å². The minimum absolute atomic E-state index is 0.211. The average Bonchev–Trinajstić information content (AvgIpc) is 2.73. The van der Waals surface area contributed by atoms with Crippen LogP contribution in [0.25, 0.3) is 0 Å². The third kappa shape index (κ3) is 2.61. The molecule has 0 aromatic carbocycles. The van der Waals surface area contributed by atoms with Gasteiger partial charge >= 0.3 is 11.6 Å². The minimum atomic E-state index is -0.764. The van der Waals surface area contributed by atoms with Gasteiger partial charge in [0, 0.05) is 6.92 Å². The molecule has 2 heterocycles. The first-order valence-corrected chi connectivity index (χ1v) is 6.22. The summed E-state index contributed by atoms with van der Waals surface area (Å²) in [7, 11) is 0. The van der Waals surface area contributed by atoms with E-state index in [-0.39, 0.29) is 11.8 Å². The molecule has 1 aromatic heterocycles. The third-order valence-corrected chi connectivity index (χ3v) is 2.94. The molecule has 1 aliphatic heterocycles. The van der Waals surface area contributed by atoms with Crippen molar-refractivity contribution in [3.63, 3.8) is 0 Å². The van der Waals surface area contributed by atoms with Crippen LogP contribution in [0.4, 0.5) is 5.88 Å². The fourth-order valence-corrected chi connectivity index (χ4v) is 2.14. The van der Waals surface area contributed by atoms with Crippen LogP contribution in [-0.4, -0.2) is 29.4 Å². The summed E-state index contributed by atoms with van der Waals surface area (Å²) >= 11 is 0. The van der Waals surface area contributed by atoms with E-state index in [1.165, 1.54) is 13.3 Å². The first-order valence-electron chi connectivity index (χ1n) is 6.22. The molecule has 1 aliphatic rings. The van der Waals surface area contributed by atoms with E-state index in [1.54, 1.807) is 11.7 Å². The topological polar surface area (TPSA) is 82.5 Å². The van der Waals surface area contributed by atoms with E-state index in [0.717, 1.165) is 25.9 Å². The molecule has 1 fully saturated rings. The number of hydrogen-bond acceptors (Lipinski definition) is 5. The molecule has 1 unspecified atom stereocenters. The molecule has 2 rings (SSSR count). The number of piperidine rings is 1. The number of aromatic nitrogens is 2. The normalized spacial score (nSPS) is 17.6. The number of nitrogens with zero attached hydrogens (tertiary/aromatic N) is 3. The molecule has 0 radical (unpaired) electrons. The van der Waals surface area contributed by atoms with Crippen molar-refractivity contribution in [3.8, 4) is 0 Å². The van der Waals surface area contributed by atoms with Crippen LogP contribution in [0.5, 0.6) is 0 Å². The van der Waals surface area contributed by atoms with Gasteiger partial charge < -0.3 is 5.11 Å². The highest BCUT2D eigenvalue weighted by Gasteiger charge is 2.34. The molecule has 0 bridgehead atoms. The number of anilines is 1. The lowest BCUT2D eigenvalue weighted by Gasteiger charge is -2.19. The molecular formula is C11H19N4O3+. The highest BCUT2D eigenvalue weighted by molar-refractivity contribution is 5.87. The van der Waals surface area contributed by atoms with Crippen molar-refractivity contribution in [2.45, 2.75) is 39.2 Å². The van der Waals surface area contributed by atoms with Crippen molar-refractivity contribution in [2.75, 3.05) is 23.4 Å². The van der Waals surface area contributed by atoms with Crippen LogP contribution in [0.2, 0.25) is 0 Å². The van der Waals surface area contributed by atoms with Gasteiger partial charge in [-0.1, -0.05) is 0 Å². The van der Waals surface area contributed by atoms with E-state index in [2.05, 4.69) is 10.6 Å². The lowest BCUT2D eigenvalue weighted by Crippen LogP contribution is -2.63. The first-order chi connectivity index (χ1) is 8.59. The smallest absolute Gasteiger partial charge is 0.336 e. The number of amides is 1. The summed E-state index contributed by atoms with van der Waals surface area (Å²) < 4.78 is 5.10. The standard InChI is InChI=1S/C11H18N4O3/c1-8(16)10-11(12-9(2)17)18-13-15(10)14-6-4-3-5-7-14/h8,16H,3-7H2,1-2H3/p+1. The molecule has 7 heteroatoms. The summed E-state index contributed by atoms with van der Waals surface area (Å²) in [5.74, 6) is -0.0399. The van der Waals surface area contributed by atoms with Crippen molar-refractivity contribution in [1.82, 2.24) is 5.27 Å². The molecule has 0 aliphatic carbocycles. The zero-order chi connectivity index (χ0) is 13.1. The number of carbonyl (C=O) groups is 1. The van der Waals surface area contributed by atoms with Crippen LogP contribution < -0.4 is 15.1 Å². The van der Waals surface area contributed by atoms with Crippen LogP contribution in [0.15, 0.2) is 4.52 Å². The van der Waals surface area contributed by atoms with Gasteiger partial charge in [-0.3, -0.25) is 14.6 Å². The Morgan fingerprint density at radius 1 is 1.50 bits per heavy atom. The Balaban J connectivity index is 2.28. The Morgan fingerprint density at radius 3 is 2.72 bits per heavy atom. The molecule has 1 amide bonds. The third-order valence-electron chi connectivity index (χ3n) is 2.94. The Labute approximate surface area is 105 Å². The summed E-state index contributed by atoms with van der Waals surface area (Å²) in [5, 5.41) is 18.3. The van der Waals surface area contributed by atoms with Crippen molar-refractivity contribution in [1.29, 1.82) is 0 Å². The quantitative estimate of drug-likeness (QED) is 0.748. The molecule has 0 saturated carbocycles. The predicted octanol–water partition coefficient (Wildman–Crippen LogP) is 0.0957. The molecule has 2 N–H and O–H groups in total. The zero-order valence-electron chi connectivity index (χ0n) is 10.7. The van der Waals surface area contributed by atoms with Crippen LogP contribution >= 0.6 is 0 Å². The van der Waals surface area contributed by atoms with Gasteiger partial charge in [0.1, 0.15) is 6.10 Å². The first kappa shape index (κ1) is 12.8. The second-order valence-corrected chi connectivity index (χ2v) is 4.55. The fourth-order valence-electron chi connectivity index (χ4n) is 2.14. The van der Waals surface area contributed by atoms with Gasteiger partial charge in [-0.25, -0.2) is 0 Å². The Kier molecular flexibility index (Phi) is 3.81. The summed E-state index contributed by atoms with van der Waals surface area (Å²) in [6.07, 6.45) is 2.63. The molecule has 100 valence electrons. The zero-order valence-corrected chi connectivity index (χ0v) is 10.7. The Hall–Kier alpha value is -1.63. The van der Waals surface area contributed by atoms with Gasteiger partial charge in [0.05, 0.1) is 17.9 Å². The lowest BCUT2D eigenvalue weighted by molar-refractivity contribution is -0.767. The number of aliphatic hydroxyl groups is 1. The highest BCUT2D eigenvalue weighted by Crippen LogP contribution is 2.19. The maximum Gasteiger partial charge on any atom is 0.336 e. The molecule has 1 aromatic rings. The molecule has 7 nitrogen and oxygen atoms in total. The monoisotopic (exact) mass is 255 g/mol. The van der Waals surface area contributed by atoms with E-state index >= 15 is 0 Å². The van der Waals surface area contributed by atoms with Gasteiger partial charge in [0.2, 0.25) is 11.2 Å². The molecule has 18 heavy (non-hydrogen) atoms. The van der Waals surface area contributed by atoms with E-state index in [0.29, 0.717) is 5.69 Å². The van der Waals surface area contributed by atoms with Crippen molar-refractivity contribution in [2.24, 2.45) is 0 Å².